The minimum Gasteiger partial charge on any atom is -0.492 e. The first-order valence-corrected chi connectivity index (χ1v) is 7.99. The number of halogens is 2. The molecule has 1 aromatic carbocycles. The van der Waals surface area contributed by atoms with Gasteiger partial charge in [-0.15, -0.1) is 0 Å². The van der Waals surface area contributed by atoms with Crippen LogP contribution in [0.25, 0.3) is 0 Å². The number of rotatable bonds is 6. The van der Waals surface area contributed by atoms with Gasteiger partial charge in [0.2, 0.25) is 0 Å². The van der Waals surface area contributed by atoms with E-state index in [9.17, 15) is 4.39 Å². The first kappa shape index (κ1) is 16.5. The second-order valence-electron chi connectivity index (χ2n) is 5.56. The van der Waals surface area contributed by atoms with Crippen LogP contribution in [0.2, 0.25) is 5.02 Å². The van der Waals surface area contributed by atoms with Crippen molar-refractivity contribution in [3.63, 3.8) is 0 Å². The highest BCUT2D eigenvalue weighted by molar-refractivity contribution is 6.32. The van der Waals surface area contributed by atoms with Crippen LogP contribution in [0.3, 0.4) is 0 Å². The molecule has 1 aliphatic rings. The zero-order valence-electron chi connectivity index (χ0n) is 12.9. The number of ether oxygens (including phenoxy) is 1. The molecule has 1 heterocycles. The molecule has 21 heavy (non-hydrogen) atoms. The molecule has 0 aromatic heterocycles. The average Bonchev–Trinajstić information content (AvgIpc) is 2.44. The van der Waals surface area contributed by atoms with Gasteiger partial charge < -0.3 is 14.5 Å². The van der Waals surface area contributed by atoms with E-state index in [4.69, 9.17) is 16.3 Å². The van der Waals surface area contributed by atoms with E-state index >= 15 is 0 Å². The average molecular weight is 315 g/mol. The Morgan fingerprint density at radius 1 is 1.24 bits per heavy atom. The van der Waals surface area contributed by atoms with E-state index in [-0.39, 0.29) is 5.82 Å². The molecule has 1 saturated heterocycles. The molecule has 118 valence electrons. The monoisotopic (exact) mass is 314 g/mol. The van der Waals surface area contributed by atoms with Gasteiger partial charge in [0.1, 0.15) is 11.6 Å². The maximum absolute atomic E-state index is 13.5. The van der Waals surface area contributed by atoms with Crippen molar-refractivity contribution >= 4 is 11.6 Å². The first-order valence-electron chi connectivity index (χ1n) is 7.61. The van der Waals surface area contributed by atoms with E-state index < -0.39 is 0 Å². The summed E-state index contributed by atoms with van der Waals surface area (Å²) in [4.78, 5) is 4.80. The Morgan fingerprint density at radius 2 is 1.95 bits per heavy atom. The molecule has 1 aromatic rings. The molecule has 0 amide bonds. The highest BCUT2D eigenvalue weighted by Crippen LogP contribution is 2.31. The predicted octanol–water partition coefficient (Wildman–Crippen LogP) is 3.06. The number of hydrogen-bond donors (Lipinski definition) is 0. The SMILES string of the molecule is CCOc1c(Cl)cc(F)cc1CCCN1CCN(C)CC1. The van der Waals surface area contributed by atoms with Gasteiger partial charge in [-0.25, -0.2) is 4.39 Å². The molecule has 0 aliphatic carbocycles. The molecule has 0 radical (unpaired) electrons. The van der Waals surface area contributed by atoms with Crippen molar-refractivity contribution in [3.05, 3.63) is 28.5 Å². The predicted molar refractivity (Wildman–Crippen MR) is 84.8 cm³/mol. The standard InChI is InChI=1S/C16H24ClFN2O/c1-3-21-16-13(11-14(18)12-15(16)17)5-4-6-20-9-7-19(2)8-10-20/h11-12H,3-10H2,1-2H3. The van der Waals surface area contributed by atoms with Gasteiger partial charge in [0.25, 0.3) is 0 Å². The third kappa shape index (κ3) is 4.83. The maximum Gasteiger partial charge on any atom is 0.141 e. The van der Waals surface area contributed by atoms with Crippen LogP contribution in [0.15, 0.2) is 12.1 Å². The van der Waals surface area contributed by atoms with Crippen molar-refractivity contribution in [2.45, 2.75) is 19.8 Å². The van der Waals surface area contributed by atoms with E-state index in [1.165, 1.54) is 6.07 Å². The quantitative estimate of drug-likeness (QED) is 0.802. The Labute approximate surface area is 131 Å². The lowest BCUT2D eigenvalue weighted by molar-refractivity contribution is 0.153. The topological polar surface area (TPSA) is 15.7 Å². The van der Waals surface area contributed by atoms with E-state index in [0.717, 1.165) is 51.1 Å². The Hall–Kier alpha value is -0.840. The highest BCUT2D eigenvalue weighted by atomic mass is 35.5. The Balaban J connectivity index is 1.90. The molecule has 5 heteroatoms. The summed E-state index contributed by atoms with van der Waals surface area (Å²) in [6.45, 7) is 7.95. The van der Waals surface area contributed by atoms with Gasteiger partial charge in [0.15, 0.2) is 0 Å². The zero-order valence-corrected chi connectivity index (χ0v) is 13.6. The molecule has 0 bridgehead atoms. The number of nitrogens with zero attached hydrogens (tertiary/aromatic N) is 2. The molecule has 0 atom stereocenters. The van der Waals surface area contributed by atoms with Crippen molar-refractivity contribution in [1.29, 1.82) is 0 Å². The van der Waals surface area contributed by atoms with Crippen LogP contribution in [0.1, 0.15) is 18.9 Å². The molecule has 1 fully saturated rings. The summed E-state index contributed by atoms with van der Waals surface area (Å²) in [6.07, 6.45) is 1.78. The van der Waals surface area contributed by atoms with Gasteiger partial charge in [0.05, 0.1) is 11.6 Å². The number of aryl methyl sites for hydroxylation is 1. The van der Waals surface area contributed by atoms with E-state index in [1.54, 1.807) is 6.07 Å². The van der Waals surface area contributed by atoms with Crippen LogP contribution in [0, 0.1) is 5.82 Å². The largest absolute Gasteiger partial charge is 0.492 e. The molecular formula is C16H24ClFN2O. The molecule has 0 spiro atoms. The van der Waals surface area contributed by atoms with Gasteiger partial charge in [-0.1, -0.05) is 11.6 Å². The molecular weight excluding hydrogens is 291 g/mol. The lowest BCUT2D eigenvalue weighted by Crippen LogP contribution is -2.44. The van der Waals surface area contributed by atoms with E-state index in [0.29, 0.717) is 17.4 Å². The van der Waals surface area contributed by atoms with E-state index in [2.05, 4.69) is 16.8 Å². The minimum absolute atomic E-state index is 0.293. The smallest absolute Gasteiger partial charge is 0.141 e. The van der Waals surface area contributed by atoms with Crippen LogP contribution < -0.4 is 4.74 Å². The summed E-state index contributed by atoms with van der Waals surface area (Å²) < 4.78 is 19.1. The molecule has 0 saturated carbocycles. The summed E-state index contributed by atoms with van der Waals surface area (Å²) in [5.74, 6) is 0.344. The fourth-order valence-electron chi connectivity index (χ4n) is 2.67. The Kier molecular flexibility index (Phi) is 6.27. The van der Waals surface area contributed by atoms with Gasteiger partial charge in [0, 0.05) is 26.2 Å². The Morgan fingerprint density at radius 3 is 2.62 bits per heavy atom. The molecule has 2 rings (SSSR count). The van der Waals surface area contributed by atoms with Gasteiger partial charge >= 0.3 is 0 Å². The van der Waals surface area contributed by atoms with Crippen LogP contribution in [0.5, 0.6) is 5.75 Å². The van der Waals surface area contributed by atoms with Gasteiger partial charge in [-0.3, -0.25) is 0 Å². The third-order valence-electron chi connectivity index (χ3n) is 3.89. The molecule has 1 aliphatic heterocycles. The highest BCUT2D eigenvalue weighted by Gasteiger charge is 2.15. The molecule has 0 unspecified atom stereocenters. The summed E-state index contributed by atoms with van der Waals surface area (Å²) in [5, 5.41) is 0.367. The van der Waals surface area contributed by atoms with Crippen molar-refractivity contribution in [2.75, 3.05) is 46.4 Å². The normalized spacial score (nSPS) is 17.1. The summed E-state index contributed by atoms with van der Waals surface area (Å²) >= 11 is 6.08. The second kappa shape index (κ2) is 7.97. The summed E-state index contributed by atoms with van der Waals surface area (Å²) in [7, 11) is 2.15. The van der Waals surface area contributed by atoms with Crippen molar-refractivity contribution < 1.29 is 9.13 Å². The van der Waals surface area contributed by atoms with Crippen molar-refractivity contribution in [1.82, 2.24) is 9.80 Å². The summed E-state index contributed by atoms with van der Waals surface area (Å²) in [6, 6.07) is 2.86. The summed E-state index contributed by atoms with van der Waals surface area (Å²) in [5.41, 5.74) is 0.871. The molecule has 3 nitrogen and oxygen atoms in total. The Bertz CT molecular complexity index is 462. The maximum atomic E-state index is 13.5. The molecule has 0 N–H and O–H groups in total. The number of benzene rings is 1. The number of likely N-dealkylation sites (N-methyl/N-ethyl adjacent to an activating group) is 1. The van der Waals surface area contributed by atoms with Crippen LogP contribution in [-0.4, -0.2) is 56.2 Å². The fraction of sp³-hybridized carbons (Fsp3) is 0.625. The van der Waals surface area contributed by atoms with Crippen molar-refractivity contribution in [2.24, 2.45) is 0 Å². The first-order chi connectivity index (χ1) is 10.1. The zero-order chi connectivity index (χ0) is 15.2. The van der Waals surface area contributed by atoms with Gasteiger partial charge in [-0.2, -0.15) is 0 Å². The lowest BCUT2D eigenvalue weighted by Gasteiger charge is -2.32. The second-order valence-corrected chi connectivity index (χ2v) is 5.96. The number of piperazine rings is 1. The number of hydrogen-bond acceptors (Lipinski definition) is 3. The third-order valence-corrected chi connectivity index (χ3v) is 4.17. The minimum atomic E-state index is -0.293. The van der Waals surface area contributed by atoms with Crippen molar-refractivity contribution in [3.8, 4) is 5.75 Å². The van der Waals surface area contributed by atoms with Crippen LogP contribution in [0.4, 0.5) is 4.39 Å². The van der Waals surface area contributed by atoms with Crippen LogP contribution >= 0.6 is 11.6 Å². The van der Waals surface area contributed by atoms with Crippen LogP contribution in [-0.2, 0) is 6.42 Å². The van der Waals surface area contributed by atoms with E-state index in [1.807, 2.05) is 6.92 Å². The van der Waals surface area contributed by atoms with Gasteiger partial charge in [-0.05, 0) is 51.1 Å². The fourth-order valence-corrected chi connectivity index (χ4v) is 2.95. The lowest BCUT2D eigenvalue weighted by atomic mass is 10.1.